The van der Waals surface area contributed by atoms with E-state index in [9.17, 15) is 0 Å². The summed E-state index contributed by atoms with van der Waals surface area (Å²) in [4.78, 5) is 2.48. The highest BCUT2D eigenvalue weighted by Gasteiger charge is 2.14. The first-order chi connectivity index (χ1) is 8.21. The normalized spacial score (nSPS) is 11.4. The van der Waals surface area contributed by atoms with Crippen molar-refractivity contribution in [1.29, 1.82) is 0 Å². The molecule has 0 aliphatic heterocycles. The summed E-state index contributed by atoms with van der Waals surface area (Å²) in [5, 5.41) is 0. The Hall–Kier alpha value is -0.0500. The highest BCUT2D eigenvalue weighted by molar-refractivity contribution is 9.10. The fourth-order valence-corrected chi connectivity index (χ4v) is 2.61. The average Bonchev–Trinajstić information content (AvgIpc) is 2.34. The van der Waals surface area contributed by atoms with Crippen LogP contribution >= 0.6 is 27.5 Å². The Morgan fingerprint density at radius 2 is 1.76 bits per heavy atom. The van der Waals surface area contributed by atoms with Gasteiger partial charge in [-0.05, 0) is 30.5 Å². The standard InChI is InChI=1S/C14H21BrClN/c1-3-14(4-2)17(10-9-16)11-12-5-7-13(15)8-6-12/h5-8,14H,3-4,9-11H2,1-2H3. The van der Waals surface area contributed by atoms with E-state index in [1.165, 1.54) is 18.4 Å². The van der Waals surface area contributed by atoms with Crippen LogP contribution in [0.2, 0.25) is 0 Å². The molecule has 0 bridgehead atoms. The number of benzene rings is 1. The van der Waals surface area contributed by atoms with E-state index in [0.29, 0.717) is 11.9 Å². The zero-order chi connectivity index (χ0) is 12.7. The van der Waals surface area contributed by atoms with Crippen molar-refractivity contribution in [1.82, 2.24) is 4.90 Å². The van der Waals surface area contributed by atoms with Gasteiger partial charge in [-0.25, -0.2) is 0 Å². The molecule has 96 valence electrons. The molecule has 0 atom stereocenters. The van der Waals surface area contributed by atoms with Crippen LogP contribution in [0, 0.1) is 0 Å². The van der Waals surface area contributed by atoms with Gasteiger partial charge in [-0.1, -0.05) is 41.9 Å². The van der Waals surface area contributed by atoms with E-state index in [4.69, 9.17) is 11.6 Å². The Kier molecular flexibility index (Phi) is 7.17. The number of halogens is 2. The maximum atomic E-state index is 5.90. The number of hydrogen-bond donors (Lipinski definition) is 0. The number of hydrogen-bond acceptors (Lipinski definition) is 1. The van der Waals surface area contributed by atoms with Crippen molar-refractivity contribution >= 4 is 27.5 Å². The van der Waals surface area contributed by atoms with Gasteiger partial charge in [0.1, 0.15) is 0 Å². The van der Waals surface area contributed by atoms with Crippen molar-refractivity contribution in [2.45, 2.75) is 39.3 Å². The lowest BCUT2D eigenvalue weighted by molar-refractivity contribution is 0.188. The van der Waals surface area contributed by atoms with Gasteiger partial charge >= 0.3 is 0 Å². The van der Waals surface area contributed by atoms with Gasteiger partial charge in [-0.2, -0.15) is 0 Å². The third-order valence-electron chi connectivity index (χ3n) is 3.13. The highest BCUT2D eigenvalue weighted by Crippen LogP contribution is 2.16. The SMILES string of the molecule is CCC(CC)N(CCCl)Cc1ccc(Br)cc1. The lowest BCUT2D eigenvalue weighted by atomic mass is 10.1. The molecule has 0 aliphatic carbocycles. The maximum absolute atomic E-state index is 5.90. The molecular weight excluding hydrogens is 298 g/mol. The fraction of sp³-hybridized carbons (Fsp3) is 0.571. The van der Waals surface area contributed by atoms with E-state index in [1.807, 2.05) is 0 Å². The molecule has 1 rings (SSSR count). The first-order valence-corrected chi connectivity index (χ1v) is 7.58. The van der Waals surface area contributed by atoms with Gasteiger partial charge in [0.15, 0.2) is 0 Å². The first kappa shape index (κ1) is 15.0. The molecule has 0 unspecified atom stereocenters. The first-order valence-electron chi connectivity index (χ1n) is 6.25. The third kappa shape index (κ3) is 4.99. The second kappa shape index (κ2) is 8.12. The Morgan fingerprint density at radius 1 is 1.18 bits per heavy atom. The average molecular weight is 319 g/mol. The van der Waals surface area contributed by atoms with Crippen LogP contribution in [-0.4, -0.2) is 23.4 Å². The summed E-state index contributed by atoms with van der Waals surface area (Å²) in [6.07, 6.45) is 2.37. The van der Waals surface area contributed by atoms with Gasteiger partial charge in [0.05, 0.1) is 0 Å². The van der Waals surface area contributed by atoms with Crippen LogP contribution in [0.25, 0.3) is 0 Å². The Morgan fingerprint density at radius 3 is 2.24 bits per heavy atom. The minimum absolute atomic E-state index is 0.636. The van der Waals surface area contributed by atoms with Gasteiger partial charge in [-0.3, -0.25) is 4.90 Å². The van der Waals surface area contributed by atoms with E-state index < -0.39 is 0 Å². The highest BCUT2D eigenvalue weighted by atomic mass is 79.9. The van der Waals surface area contributed by atoms with E-state index in [0.717, 1.165) is 17.6 Å². The second-order valence-electron chi connectivity index (χ2n) is 4.26. The smallest absolute Gasteiger partial charge is 0.0351 e. The maximum Gasteiger partial charge on any atom is 0.0351 e. The van der Waals surface area contributed by atoms with E-state index >= 15 is 0 Å². The summed E-state index contributed by atoms with van der Waals surface area (Å²) in [5.74, 6) is 0.701. The van der Waals surface area contributed by atoms with E-state index in [2.05, 4.69) is 58.9 Å². The zero-order valence-electron chi connectivity index (χ0n) is 10.6. The Balaban J connectivity index is 2.68. The van der Waals surface area contributed by atoms with Gasteiger partial charge < -0.3 is 0 Å². The summed E-state index contributed by atoms with van der Waals surface area (Å²) in [6.45, 7) is 6.45. The largest absolute Gasteiger partial charge is 0.295 e. The predicted molar refractivity (Wildman–Crippen MR) is 79.6 cm³/mol. The van der Waals surface area contributed by atoms with E-state index in [1.54, 1.807) is 0 Å². The molecule has 0 fully saturated rings. The lowest BCUT2D eigenvalue weighted by Gasteiger charge is -2.29. The molecule has 0 radical (unpaired) electrons. The van der Waals surface area contributed by atoms with Crippen LogP contribution in [0.15, 0.2) is 28.7 Å². The van der Waals surface area contributed by atoms with Gasteiger partial charge in [-0.15, -0.1) is 11.6 Å². The lowest BCUT2D eigenvalue weighted by Crippen LogP contribution is -2.35. The van der Waals surface area contributed by atoms with Crippen LogP contribution in [0.5, 0.6) is 0 Å². The number of alkyl halides is 1. The van der Waals surface area contributed by atoms with Crippen molar-refractivity contribution in [3.8, 4) is 0 Å². The molecule has 0 saturated carbocycles. The van der Waals surface area contributed by atoms with Crippen molar-refractivity contribution in [3.63, 3.8) is 0 Å². The summed E-state index contributed by atoms with van der Waals surface area (Å²) < 4.78 is 1.13. The number of rotatable bonds is 7. The Bertz CT molecular complexity index is 309. The number of nitrogens with zero attached hydrogens (tertiary/aromatic N) is 1. The molecule has 0 spiro atoms. The van der Waals surface area contributed by atoms with Crippen molar-refractivity contribution in [2.75, 3.05) is 12.4 Å². The summed E-state index contributed by atoms with van der Waals surface area (Å²) >= 11 is 9.36. The van der Waals surface area contributed by atoms with Crippen LogP contribution in [0.3, 0.4) is 0 Å². The molecule has 0 saturated heterocycles. The third-order valence-corrected chi connectivity index (χ3v) is 3.83. The molecule has 0 amide bonds. The van der Waals surface area contributed by atoms with Crippen molar-refractivity contribution < 1.29 is 0 Å². The molecule has 1 nitrogen and oxygen atoms in total. The molecule has 0 aromatic heterocycles. The molecule has 3 heteroatoms. The zero-order valence-corrected chi connectivity index (χ0v) is 13.0. The Labute approximate surface area is 118 Å². The van der Waals surface area contributed by atoms with Crippen molar-refractivity contribution in [3.05, 3.63) is 34.3 Å². The quantitative estimate of drug-likeness (QED) is 0.660. The minimum Gasteiger partial charge on any atom is -0.295 e. The van der Waals surface area contributed by atoms with Crippen molar-refractivity contribution in [2.24, 2.45) is 0 Å². The summed E-state index contributed by atoms with van der Waals surface area (Å²) in [6, 6.07) is 9.18. The minimum atomic E-state index is 0.636. The predicted octanol–water partition coefficient (Wildman–Crippen LogP) is 4.68. The second-order valence-corrected chi connectivity index (χ2v) is 5.55. The van der Waals surface area contributed by atoms with Crippen LogP contribution in [0.4, 0.5) is 0 Å². The monoisotopic (exact) mass is 317 g/mol. The van der Waals surface area contributed by atoms with Crippen LogP contribution < -0.4 is 0 Å². The molecule has 0 heterocycles. The summed E-state index contributed by atoms with van der Waals surface area (Å²) in [5.41, 5.74) is 1.35. The molecule has 0 aliphatic rings. The van der Waals surface area contributed by atoms with Gasteiger partial charge in [0.2, 0.25) is 0 Å². The van der Waals surface area contributed by atoms with Gasteiger partial charge in [0, 0.05) is 29.5 Å². The molecule has 17 heavy (non-hydrogen) atoms. The molecule has 1 aromatic rings. The van der Waals surface area contributed by atoms with Crippen LogP contribution in [0.1, 0.15) is 32.3 Å². The molecular formula is C14H21BrClN. The topological polar surface area (TPSA) is 3.24 Å². The summed E-state index contributed by atoms with van der Waals surface area (Å²) in [7, 11) is 0. The molecule has 1 aromatic carbocycles. The van der Waals surface area contributed by atoms with E-state index in [-0.39, 0.29) is 0 Å². The fourth-order valence-electron chi connectivity index (χ4n) is 2.13. The van der Waals surface area contributed by atoms with Gasteiger partial charge in [0.25, 0.3) is 0 Å². The molecule has 0 N–H and O–H groups in total. The van der Waals surface area contributed by atoms with Crippen LogP contribution in [-0.2, 0) is 6.54 Å².